The van der Waals surface area contributed by atoms with Crippen LogP contribution < -0.4 is 4.90 Å². The van der Waals surface area contributed by atoms with Crippen molar-refractivity contribution < 1.29 is 32.7 Å². The highest BCUT2D eigenvalue weighted by Gasteiger charge is 2.45. The third-order valence-corrected chi connectivity index (χ3v) is 9.19. The predicted molar refractivity (Wildman–Crippen MR) is 143 cm³/mol. The highest BCUT2D eigenvalue weighted by atomic mass is 32.1. The van der Waals surface area contributed by atoms with Gasteiger partial charge >= 0.3 is 11.9 Å². The normalized spacial score (nSPS) is 22.2. The number of esters is 1. The highest BCUT2D eigenvalue weighted by Crippen LogP contribution is 2.46. The second-order valence-electron chi connectivity index (χ2n) is 10.9. The molecule has 2 aliphatic heterocycles. The number of carboxylic acid groups (broad SMARTS) is 1. The van der Waals surface area contributed by atoms with Crippen LogP contribution in [0.2, 0.25) is 0 Å². The van der Waals surface area contributed by atoms with E-state index in [0.29, 0.717) is 18.6 Å². The van der Waals surface area contributed by atoms with Gasteiger partial charge in [-0.15, -0.1) is 0 Å². The van der Waals surface area contributed by atoms with Gasteiger partial charge in [-0.25, -0.2) is 23.4 Å². The Morgan fingerprint density at radius 3 is 2.45 bits per heavy atom. The van der Waals surface area contributed by atoms with Crippen LogP contribution in [0.25, 0.3) is 21.5 Å². The average molecular weight is 566 g/mol. The maximum absolute atomic E-state index is 14.6. The number of hydrogen-bond acceptors (Lipinski definition) is 8. The van der Waals surface area contributed by atoms with Crippen molar-refractivity contribution in [2.45, 2.75) is 69.6 Å². The number of aryl methyl sites for hydroxylation is 1. The smallest absolute Gasteiger partial charge is 0.344 e. The SMILES string of the molecule is Cc1cc(C(=O)O)cc2sc(N3[C@@H]4CC[C@H]3CC(OC(=O)c3c(-c5c(F)cccc5F)noc3C3CC3)C4)nc12. The zero-order chi connectivity index (χ0) is 27.7. The quantitative estimate of drug-likeness (QED) is 0.265. The molecule has 8 nitrogen and oxygen atoms in total. The van der Waals surface area contributed by atoms with Crippen molar-refractivity contribution in [3.63, 3.8) is 0 Å². The molecule has 40 heavy (non-hydrogen) atoms. The second-order valence-corrected chi connectivity index (χ2v) is 11.9. The van der Waals surface area contributed by atoms with Gasteiger partial charge in [-0.05, 0) is 62.4 Å². The van der Waals surface area contributed by atoms with E-state index < -0.39 is 29.1 Å². The van der Waals surface area contributed by atoms with Crippen LogP contribution >= 0.6 is 11.3 Å². The molecular weight excluding hydrogens is 540 g/mol. The molecule has 0 amide bonds. The first-order valence-corrected chi connectivity index (χ1v) is 14.2. The fourth-order valence-electron chi connectivity index (χ4n) is 6.18. The molecule has 1 aliphatic carbocycles. The van der Waals surface area contributed by atoms with E-state index in [2.05, 4.69) is 10.1 Å². The molecule has 7 rings (SSSR count). The fourth-order valence-corrected chi connectivity index (χ4v) is 7.41. The predicted octanol–water partition coefficient (Wildman–Crippen LogP) is 6.47. The Morgan fingerprint density at radius 1 is 1.10 bits per heavy atom. The Balaban J connectivity index is 1.14. The van der Waals surface area contributed by atoms with E-state index in [4.69, 9.17) is 14.2 Å². The maximum atomic E-state index is 14.6. The summed E-state index contributed by atoms with van der Waals surface area (Å²) in [5.74, 6) is -2.97. The summed E-state index contributed by atoms with van der Waals surface area (Å²) in [6.07, 6.45) is 4.26. The molecule has 0 radical (unpaired) electrons. The van der Waals surface area contributed by atoms with Crippen LogP contribution in [0.1, 0.15) is 76.5 Å². The van der Waals surface area contributed by atoms with Gasteiger partial charge in [0.15, 0.2) is 10.9 Å². The van der Waals surface area contributed by atoms with Gasteiger partial charge in [0.2, 0.25) is 0 Å². The van der Waals surface area contributed by atoms with Crippen molar-refractivity contribution in [2.75, 3.05) is 4.90 Å². The lowest BCUT2D eigenvalue weighted by Crippen LogP contribution is -2.46. The van der Waals surface area contributed by atoms with Crippen LogP contribution in [0.3, 0.4) is 0 Å². The molecule has 2 saturated heterocycles. The number of carbonyl (C=O) groups is 2. The van der Waals surface area contributed by atoms with Crippen LogP contribution in [-0.2, 0) is 4.74 Å². The zero-order valence-corrected chi connectivity index (χ0v) is 22.3. The summed E-state index contributed by atoms with van der Waals surface area (Å²) in [6, 6.07) is 7.01. The minimum atomic E-state index is -0.971. The van der Waals surface area contributed by atoms with Gasteiger partial charge in [-0.3, -0.25) is 0 Å². The van der Waals surface area contributed by atoms with E-state index in [1.54, 1.807) is 12.1 Å². The van der Waals surface area contributed by atoms with Crippen LogP contribution in [0.15, 0.2) is 34.9 Å². The Morgan fingerprint density at radius 2 is 1.80 bits per heavy atom. The van der Waals surface area contributed by atoms with E-state index in [-0.39, 0.29) is 40.9 Å². The van der Waals surface area contributed by atoms with Crippen LogP contribution in [0.5, 0.6) is 0 Å². The summed E-state index contributed by atoms with van der Waals surface area (Å²) in [5.41, 5.74) is 1.31. The molecule has 2 bridgehead atoms. The minimum Gasteiger partial charge on any atom is -0.478 e. The molecular formula is C29H25F2N3O5S. The number of fused-ring (bicyclic) bond motifs is 3. The summed E-state index contributed by atoms with van der Waals surface area (Å²) in [5, 5.41) is 14.2. The van der Waals surface area contributed by atoms with Crippen molar-refractivity contribution >= 4 is 38.6 Å². The molecule has 3 atom stereocenters. The number of thiazole rings is 1. The number of hydrogen-bond donors (Lipinski definition) is 1. The Kier molecular flexibility index (Phi) is 5.88. The summed E-state index contributed by atoms with van der Waals surface area (Å²) in [4.78, 5) is 32.2. The number of benzene rings is 2. The molecule has 2 aromatic carbocycles. The molecule has 0 spiro atoms. The number of nitrogens with zero attached hydrogens (tertiary/aromatic N) is 3. The van der Waals surface area contributed by atoms with E-state index in [1.165, 1.54) is 17.4 Å². The Hall–Kier alpha value is -3.86. The average Bonchev–Trinajstić information content (AvgIpc) is 3.41. The Bertz CT molecular complexity index is 1650. The van der Waals surface area contributed by atoms with Crippen molar-refractivity contribution in [3.8, 4) is 11.3 Å². The molecule has 4 heterocycles. The molecule has 3 fully saturated rings. The van der Waals surface area contributed by atoms with Crippen molar-refractivity contribution in [3.05, 3.63) is 64.4 Å². The lowest BCUT2D eigenvalue weighted by molar-refractivity contribution is 0.0202. The van der Waals surface area contributed by atoms with E-state index in [9.17, 15) is 23.5 Å². The summed E-state index contributed by atoms with van der Waals surface area (Å²) >= 11 is 1.48. The van der Waals surface area contributed by atoms with Gasteiger partial charge in [0.05, 0.1) is 21.3 Å². The van der Waals surface area contributed by atoms with Gasteiger partial charge in [-0.1, -0.05) is 22.6 Å². The van der Waals surface area contributed by atoms with Gasteiger partial charge in [0.25, 0.3) is 0 Å². The number of anilines is 1. The summed E-state index contributed by atoms with van der Waals surface area (Å²) in [6.45, 7) is 1.86. The molecule has 11 heteroatoms. The van der Waals surface area contributed by atoms with E-state index in [0.717, 1.165) is 58.7 Å². The Labute approximate surface area is 231 Å². The summed E-state index contributed by atoms with van der Waals surface area (Å²) in [7, 11) is 0. The van der Waals surface area contributed by atoms with Gasteiger partial charge in [-0.2, -0.15) is 0 Å². The van der Waals surface area contributed by atoms with Crippen LogP contribution in [0.4, 0.5) is 13.9 Å². The molecule has 1 N–H and O–H groups in total. The van der Waals surface area contributed by atoms with Gasteiger partial charge < -0.3 is 19.3 Å². The van der Waals surface area contributed by atoms with Crippen molar-refractivity contribution in [1.29, 1.82) is 0 Å². The number of ether oxygens (including phenoxy) is 1. The van der Waals surface area contributed by atoms with Crippen molar-refractivity contribution in [1.82, 2.24) is 10.1 Å². The first-order valence-electron chi connectivity index (χ1n) is 13.4. The van der Waals surface area contributed by atoms with Gasteiger partial charge in [0.1, 0.15) is 29.0 Å². The number of halogens is 2. The fraction of sp³-hybridized carbons (Fsp3) is 0.379. The zero-order valence-electron chi connectivity index (χ0n) is 21.5. The lowest BCUT2D eigenvalue weighted by Gasteiger charge is -2.38. The lowest BCUT2D eigenvalue weighted by atomic mass is 9.99. The van der Waals surface area contributed by atoms with E-state index >= 15 is 0 Å². The first-order chi connectivity index (χ1) is 19.3. The number of carbonyl (C=O) groups excluding carboxylic acids is 1. The molecule has 3 aliphatic rings. The van der Waals surface area contributed by atoms with Crippen LogP contribution in [-0.4, -0.2) is 45.4 Å². The van der Waals surface area contributed by atoms with E-state index in [1.807, 2.05) is 6.92 Å². The summed E-state index contributed by atoms with van der Waals surface area (Å²) < 4.78 is 41.5. The largest absolute Gasteiger partial charge is 0.478 e. The number of carboxylic acids is 1. The first kappa shape index (κ1) is 25.1. The number of rotatable bonds is 6. The van der Waals surface area contributed by atoms with Crippen LogP contribution in [0, 0.1) is 18.6 Å². The maximum Gasteiger partial charge on any atom is 0.344 e. The molecule has 206 valence electrons. The number of piperidine rings is 1. The molecule has 2 aromatic heterocycles. The number of aromatic nitrogens is 2. The topological polar surface area (TPSA) is 106 Å². The minimum absolute atomic E-state index is 0.0113. The standard InChI is InChI=1S/C29H25F2N3O5S/c1-13-9-15(27(35)36)10-21-24(13)32-29(40-21)34-16-7-8-17(34)12-18(11-16)38-28(37)23-25(33-39-26(23)14-5-6-14)22-19(30)3-2-4-20(22)31/h2-4,9-10,14,16-18H,5-8,11-12H2,1H3,(H,35,36)/t16-,17+,18?. The monoisotopic (exact) mass is 565 g/mol. The molecule has 1 saturated carbocycles. The van der Waals surface area contributed by atoms with Gasteiger partial charge in [0, 0.05) is 30.8 Å². The van der Waals surface area contributed by atoms with Crippen molar-refractivity contribution in [2.24, 2.45) is 0 Å². The third kappa shape index (κ3) is 4.14. The molecule has 4 aromatic rings. The number of aromatic carboxylic acids is 1. The molecule has 1 unspecified atom stereocenters. The second kappa shape index (κ2) is 9.36. The highest BCUT2D eigenvalue weighted by molar-refractivity contribution is 7.22. The third-order valence-electron chi connectivity index (χ3n) is 8.18.